The largest absolute Gasteiger partial charge is 0.490 e. The van der Waals surface area contributed by atoms with Crippen LogP contribution in [-0.2, 0) is 4.79 Å². The average Bonchev–Trinajstić information content (AvgIpc) is 1.85. The Balaban J connectivity index is 0. The number of halogens is 3. The maximum Gasteiger partial charge on any atom is 0.490 e. The number of hydrogen-bond donors (Lipinski definition) is 1. The first-order valence-corrected chi connectivity index (χ1v) is 3.66. The number of hydrogen-bond acceptors (Lipinski definition) is 2. The van der Waals surface area contributed by atoms with Crippen LogP contribution in [0.1, 0.15) is 13.3 Å². The van der Waals surface area contributed by atoms with Crippen molar-refractivity contribution in [3.8, 4) is 0 Å². The van der Waals surface area contributed by atoms with Crippen molar-refractivity contribution in [1.82, 2.24) is 4.90 Å². The molecule has 13 heavy (non-hydrogen) atoms. The summed E-state index contributed by atoms with van der Waals surface area (Å²) in [5, 5.41) is 7.12. The van der Waals surface area contributed by atoms with Gasteiger partial charge in [-0.1, -0.05) is 6.92 Å². The highest BCUT2D eigenvalue weighted by Gasteiger charge is 2.38. The summed E-state index contributed by atoms with van der Waals surface area (Å²) in [4.78, 5) is 11.1. The van der Waals surface area contributed by atoms with Crippen LogP contribution in [0.2, 0.25) is 0 Å². The molecule has 0 aliphatic carbocycles. The van der Waals surface area contributed by atoms with Crippen LogP contribution in [0.25, 0.3) is 0 Å². The van der Waals surface area contributed by atoms with Crippen LogP contribution in [0, 0.1) is 0 Å². The van der Waals surface area contributed by atoms with Crippen LogP contribution in [0.4, 0.5) is 13.2 Å². The lowest BCUT2D eigenvalue weighted by atomic mass is 10.5. The van der Waals surface area contributed by atoms with Gasteiger partial charge in [0, 0.05) is 0 Å². The van der Waals surface area contributed by atoms with Gasteiger partial charge >= 0.3 is 12.1 Å². The summed E-state index contributed by atoms with van der Waals surface area (Å²) in [6.45, 7) is 3.39. The lowest BCUT2D eigenvalue weighted by Crippen LogP contribution is -2.21. The van der Waals surface area contributed by atoms with Crippen molar-refractivity contribution >= 4 is 5.97 Å². The molecular formula is C7H14F3NO2. The third kappa shape index (κ3) is 14.1. The Kier molecular flexibility index (Phi) is 7.60. The Morgan fingerprint density at radius 3 is 1.69 bits per heavy atom. The van der Waals surface area contributed by atoms with Crippen LogP contribution in [-0.4, -0.2) is 42.8 Å². The smallest absolute Gasteiger partial charge is 0.475 e. The van der Waals surface area contributed by atoms with E-state index in [1.807, 2.05) is 0 Å². The third-order valence-electron chi connectivity index (χ3n) is 0.913. The summed E-state index contributed by atoms with van der Waals surface area (Å²) in [5.74, 6) is -2.76. The third-order valence-corrected chi connectivity index (χ3v) is 0.913. The van der Waals surface area contributed by atoms with Crippen molar-refractivity contribution in [2.45, 2.75) is 19.5 Å². The molecule has 0 atom stereocenters. The zero-order chi connectivity index (χ0) is 11.1. The molecule has 6 heteroatoms. The van der Waals surface area contributed by atoms with Crippen LogP contribution < -0.4 is 0 Å². The molecule has 0 aromatic rings. The van der Waals surface area contributed by atoms with Crippen molar-refractivity contribution in [1.29, 1.82) is 0 Å². The van der Waals surface area contributed by atoms with Crippen LogP contribution in [0.3, 0.4) is 0 Å². The van der Waals surface area contributed by atoms with Crippen LogP contribution in [0.15, 0.2) is 0 Å². The fourth-order valence-corrected chi connectivity index (χ4v) is 0.447. The van der Waals surface area contributed by atoms with Gasteiger partial charge in [0.1, 0.15) is 0 Å². The Labute approximate surface area is 75.1 Å². The maximum atomic E-state index is 10.6. The van der Waals surface area contributed by atoms with Gasteiger partial charge in [0.25, 0.3) is 0 Å². The van der Waals surface area contributed by atoms with E-state index in [9.17, 15) is 13.2 Å². The second-order valence-corrected chi connectivity index (χ2v) is 2.61. The average molecular weight is 201 g/mol. The lowest BCUT2D eigenvalue weighted by Gasteiger charge is -2.03. The van der Waals surface area contributed by atoms with Gasteiger partial charge in [-0.05, 0) is 27.1 Å². The molecule has 0 fully saturated rings. The fraction of sp³-hybridized carbons (Fsp3) is 0.857. The number of carboxylic acids is 1. The summed E-state index contributed by atoms with van der Waals surface area (Å²) in [7, 11) is 4.17. The minimum Gasteiger partial charge on any atom is -0.475 e. The molecule has 3 nitrogen and oxygen atoms in total. The Morgan fingerprint density at radius 2 is 1.69 bits per heavy atom. The lowest BCUT2D eigenvalue weighted by molar-refractivity contribution is -0.192. The molecular weight excluding hydrogens is 187 g/mol. The van der Waals surface area contributed by atoms with Crippen molar-refractivity contribution in [2.75, 3.05) is 20.6 Å². The maximum absolute atomic E-state index is 10.6. The van der Waals surface area contributed by atoms with Gasteiger partial charge in [0.2, 0.25) is 0 Å². The molecule has 0 bridgehead atoms. The molecule has 0 radical (unpaired) electrons. The number of aliphatic carboxylic acids is 1. The number of nitrogens with zero attached hydrogens (tertiary/aromatic N) is 1. The quantitative estimate of drug-likeness (QED) is 0.737. The van der Waals surface area contributed by atoms with E-state index in [2.05, 4.69) is 25.9 Å². The van der Waals surface area contributed by atoms with E-state index in [0.717, 1.165) is 0 Å². The zero-order valence-electron chi connectivity index (χ0n) is 7.85. The molecule has 0 amide bonds. The van der Waals surface area contributed by atoms with E-state index < -0.39 is 12.1 Å². The Morgan fingerprint density at radius 1 is 1.38 bits per heavy atom. The van der Waals surface area contributed by atoms with E-state index in [4.69, 9.17) is 9.90 Å². The van der Waals surface area contributed by atoms with Gasteiger partial charge in [-0.3, -0.25) is 0 Å². The highest BCUT2D eigenvalue weighted by atomic mass is 19.4. The monoisotopic (exact) mass is 201 g/mol. The second-order valence-electron chi connectivity index (χ2n) is 2.61. The molecule has 0 saturated carbocycles. The molecule has 80 valence electrons. The molecule has 0 rings (SSSR count). The van der Waals surface area contributed by atoms with E-state index in [0.29, 0.717) is 0 Å². The summed E-state index contributed by atoms with van der Waals surface area (Å²) >= 11 is 0. The predicted octanol–water partition coefficient (Wildman–Crippen LogP) is 1.59. The highest BCUT2D eigenvalue weighted by molar-refractivity contribution is 5.73. The molecule has 0 spiro atoms. The number of carboxylic acid groups (broad SMARTS) is 1. The van der Waals surface area contributed by atoms with Crippen LogP contribution >= 0.6 is 0 Å². The molecule has 0 heterocycles. The summed E-state index contributed by atoms with van der Waals surface area (Å²) in [5.41, 5.74) is 0. The van der Waals surface area contributed by atoms with Crippen molar-refractivity contribution < 1.29 is 23.1 Å². The first-order valence-electron chi connectivity index (χ1n) is 3.66. The summed E-state index contributed by atoms with van der Waals surface area (Å²) < 4.78 is 31.7. The molecule has 0 aromatic heterocycles. The summed E-state index contributed by atoms with van der Waals surface area (Å²) in [6, 6.07) is 0. The van der Waals surface area contributed by atoms with Gasteiger partial charge < -0.3 is 10.0 Å². The molecule has 0 unspecified atom stereocenters. The summed E-state index contributed by atoms with van der Waals surface area (Å²) in [6.07, 6.45) is -3.83. The number of alkyl halides is 3. The first-order chi connectivity index (χ1) is 5.71. The molecule has 0 aliphatic rings. The van der Waals surface area contributed by atoms with E-state index in [-0.39, 0.29) is 0 Å². The molecule has 0 saturated heterocycles. The predicted molar refractivity (Wildman–Crippen MR) is 42.5 cm³/mol. The van der Waals surface area contributed by atoms with Gasteiger partial charge in [-0.2, -0.15) is 13.2 Å². The van der Waals surface area contributed by atoms with Gasteiger partial charge in [0.15, 0.2) is 0 Å². The van der Waals surface area contributed by atoms with Crippen molar-refractivity contribution in [3.05, 3.63) is 0 Å². The topological polar surface area (TPSA) is 40.5 Å². The van der Waals surface area contributed by atoms with Crippen molar-refractivity contribution in [2.24, 2.45) is 0 Å². The molecule has 0 aliphatic heterocycles. The highest BCUT2D eigenvalue weighted by Crippen LogP contribution is 2.13. The fourth-order valence-electron chi connectivity index (χ4n) is 0.447. The molecule has 1 N–H and O–H groups in total. The Hall–Kier alpha value is -0.780. The van der Waals surface area contributed by atoms with E-state index in [1.165, 1.54) is 13.0 Å². The van der Waals surface area contributed by atoms with E-state index in [1.54, 1.807) is 0 Å². The van der Waals surface area contributed by atoms with Gasteiger partial charge in [-0.25, -0.2) is 4.79 Å². The molecule has 0 aromatic carbocycles. The minimum absolute atomic E-state index is 1.21. The second kappa shape index (κ2) is 6.71. The zero-order valence-corrected chi connectivity index (χ0v) is 7.85. The SMILES string of the molecule is CCCN(C)C.O=C(O)C(F)(F)F. The standard InChI is InChI=1S/C5H13N.C2HF3O2/c1-4-5-6(2)3;3-2(4,5)1(6)7/h4-5H2,1-3H3;(H,6,7). The van der Waals surface area contributed by atoms with Gasteiger partial charge in [0.05, 0.1) is 0 Å². The Bertz CT molecular complexity index is 145. The van der Waals surface area contributed by atoms with E-state index >= 15 is 0 Å². The number of rotatable bonds is 2. The first kappa shape index (κ1) is 14.7. The normalized spacial score (nSPS) is 10.7. The van der Waals surface area contributed by atoms with Gasteiger partial charge in [-0.15, -0.1) is 0 Å². The minimum atomic E-state index is -5.08. The van der Waals surface area contributed by atoms with Crippen molar-refractivity contribution in [3.63, 3.8) is 0 Å². The number of carbonyl (C=O) groups is 1. The van der Waals surface area contributed by atoms with Crippen LogP contribution in [0.5, 0.6) is 0 Å².